The topological polar surface area (TPSA) is 209 Å². The largest absolute Gasteiger partial charge is 0.493 e. The number of methoxy groups -OCH3 is 4. The number of aromatic nitrogens is 2. The number of benzene rings is 6. The average Bonchev–Trinajstić information content (AvgIpc) is 1.60. The number of fused-ring (bicyclic) bond motifs is 2. The summed E-state index contributed by atoms with van der Waals surface area (Å²) >= 11 is 0. The van der Waals surface area contributed by atoms with Crippen LogP contribution in [0.4, 0.5) is 11.4 Å². The molecule has 6 aromatic carbocycles. The molecule has 20 nitrogen and oxygen atoms in total. The summed E-state index contributed by atoms with van der Waals surface area (Å²) in [5.41, 5.74) is 8.12. The Morgan fingerprint density at radius 3 is 1.31 bits per heavy atom. The van der Waals surface area contributed by atoms with Gasteiger partial charge >= 0.3 is 0 Å². The van der Waals surface area contributed by atoms with Crippen molar-refractivity contribution in [1.82, 2.24) is 40.2 Å². The molecule has 96 heavy (non-hydrogen) atoms. The van der Waals surface area contributed by atoms with E-state index in [0.29, 0.717) is 95.3 Å². The van der Waals surface area contributed by atoms with Crippen molar-refractivity contribution in [3.8, 4) is 23.0 Å². The fourth-order valence-corrected chi connectivity index (χ4v) is 13.4. The molecule has 2 aromatic heterocycles. The normalized spacial score (nSPS) is 16.0. The van der Waals surface area contributed by atoms with Gasteiger partial charge in [-0.1, -0.05) is 91.0 Å². The van der Waals surface area contributed by atoms with Crippen LogP contribution in [0.15, 0.2) is 182 Å². The van der Waals surface area contributed by atoms with Crippen LogP contribution in [-0.4, -0.2) is 159 Å². The number of nitrogens with one attached hydrogen (secondary N) is 2. The third-order valence-corrected chi connectivity index (χ3v) is 18.7. The zero-order chi connectivity index (χ0) is 67.2. The van der Waals surface area contributed by atoms with E-state index in [-0.39, 0.29) is 47.5 Å². The second-order valence-electron chi connectivity index (χ2n) is 24.1. The highest BCUT2D eigenvalue weighted by Crippen LogP contribution is 2.43. The molecule has 0 unspecified atom stereocenters. The van der Waals surface area contributed by atoms with Crippen LogP contribution in [0, 0.1) is 0 Å². The Morgan fingerprint density at radius 2 is 0.896 bits per heavy atom. The molecule has 0 saturated carbocycles. The number of nitrogens with zero attached hydrogens (tertiary/aromatic N) is 8. The molecule has 0 bridgehead atoms. The number of amides is 6. The number of carbonyl (C=O) groups excluding carboxylic acids is 6. The summed E-state index contributed by atoms with van der Waals surface area (Å²) in [4.78, 5) is 102. The van der Waals surface area contributed by atoms with Crippen LogP contribution in [0.25, 0.3) is 0 Å². The summed E-state index contributed by atoms with van der Waals surface area (Å²) in [6.45, 7) is 11.5. The van der Waals surface area contributed by atoms with Gasteiger partial charge in [-0.05, 0) is 135 Å². The maximum absolute atomic E-state index is 14.4. The SMILES string of the molecule is COc1ccc([C@@H](CCCNC(=O)c2ccccn2)N2C(=O)c3cccc(N4CCN([C@H](C)c5ccccc5)CC4)c3C2=O)cc1OC.COc1ccc([C@@H](CCCNC(=O)c2cccnc2)N2C(=O)c3cccc(N4CCN([C@H](C)c5ccccc5)CC4)c3C2=O)cc1OC. The van der Waals surface area contributed by atoms with Crippen LogP contribution in [0.5, 0.6) is 23.0 Å². The van der Waals surface area contributed by atoms with Gasteiger partial charge in [0.05, 0.1) is 79.7 Å². The third-order valence-electron chi connectivity index (χ3n) is 18.7. The van der Waals surface area contributed by atoms with Crippen molar-refractivity contribution in [2.75, 3.05) is 104 Å². The fraction of sp³-hybridized carbons (Fsp3) is 0.316. The van der Waals surface area contributed by atoms with E-state index in [1.54, 1.807) is 95.4 Å². The van der Waals surface area contributed by atoms with Crippen molar-refractivity contribution in [3.63, 3.8) is 0 Å². The van der Waals surface area contributed by atoms with Crippen molar-refractivity contribution in [1.29, 1.82) is 0 Å². The first kappa shape index (κ1) is 67.0. The quantitative estimate of drug-likeness (QED) is 0.0426. The van der Waals surface area contributed by atoms with Crippen LogP contribution in [0.3, 0.4) is 0 Å². The van der Waals surface area contributed by atoms with E-state index in [9.17, 15) is 28.8 Å². The molecule has 12 rings (SSSR count). The summed E-state index contributed by atoms with van der Waals surface area (Å²) in [5, 5.41) is 5.83. The monoisotopic (exact) mass is 1290 g/mol. The fourth-order valence-electron chi connectivity index (χ4n) is 13.4. The zero-order valence-corrected chi connectivity index (χ0v) is 55.2. The van der Waals surface area contributed by atoms with Crippen LogP contribution in [0.1, 0.15) is 148 Å². The van der Waals surface area contributed by atoms with E-state index in [4.69, 9.17) is 18.9 Å². The molecule has 0 aliphatic carbocycles. The molecule has 2 fully saturated rings. The highest BCUT2D eigenvalue weighted by Gasteiger charge is 2.45. The number of hydrogen-bond donors (Lipinski definition) is 2. The van der Waals surface area contributed by atoms with Crippen LogP contribution in [-0.2, 0) is 0 Å². The Bertz CT molecular complexity index is 3780. The van der Waals surface area contributed by atoms with E-state index in [2.05, 4.69) is 103 Å². The number of ether oxygens (including phenoxy) is 4. The summed E-state index contributed by atoms with van der Waals surface area (Å²) in [7, 11) is 6.23. The lowest BCUT2D eigenvalue weighted by Crippen LogP contribution is -2.47. The second-order valence-corrected chi connectivity index (χ2v) is 24.1. The van der Waals surface area contributed by atoms with Gasteiger partial charge in [0.15, 0.2) is 23.0 Å². The molecule has 8 aromatic rings. The molecular formula is C76H82N10O10. The average molecular weight is 1300 g/mol. The lowest BCUT2D eigenvalue weighted by atomic mass is 9.99. The summed E-state index contributed by atoms with van der Waals surface area (Å²) in [6, 6.07) is 50.9. The van der Waals surface area contributed by atoms with Crippen molar-refractivity contribution in [2.24, 2.45) is 0 Å². The van der Waals surface area contributed by atoms with E-state index < -0.39 is 12.1 Å². The predicted octanol–water partition coefficient (Wildman–Crippen LogP) is 11.1. The number of imide groups is 2. The second kappa shape index (κ2) is 31.2. The summed E-state index contributed by atoms with van der Waals surface area (Å²) in [6.07, 6.45) is 6.59. The van der Waals surface area contributed by atoms with Gasteiger partial charge in [-0.3, -0.25) is 58.3 Å². The molecule has 4 atom stereocenters. The summed E-state index contributed by atoms with van der Waals surface area (Å²) in [5.74, 6) is 0.317. The number of anilines is 2. The van der Waals surface area contributed by atoms with Gasteiger partial charge in [0.25, 0.3) is 35.4 Å². The third kappa shape index (κ3) is 14.6. The Kier molecular flexibility index (Phi) is 21.8. The highest BCUT2D eigenvalue weighted by molar-refractivity contribution is 6.25. The Morgan fingerprint density at radius 1 is 0.448 bits per heavy atom. The Hall–Kier alpha value is -10.4. The van der Waals surface area contributed by atoms with Crippen molar-refractivity contribution in [2.45, 2.75) is 63.7 Å². The van der Waals surface area contributed by atoms with Gasteiger partial charge in [0.1, 0.15) is 5.69 Å². The maximum Gasteiger partial charge on any atom is 0.269 e. The number of carbonyl (C=O) groups is 6. The molecule has 20 heteroatoms. The first-order chi connectivity index (χ1) is 46.8. The van der Waals surface area contributed by atoms with E-state index in [1.807, 2.05) is 60.7 Å². The van der Waals surface area contributed by atoms with E-state index in [1.165, 1.54) is 27.1 Å². The number of rotatable bonds is 24. The molecule has 4 aliphatic rings. The molecule has 496 valence electrons. The molecule has 2 N–H and O–H groups in total. The number of hydrogen-bond acceptors (Lipinski definition) is 16. The Labute approximate surface area is 560 Å². The van der Waals surface area contributed by atoms with Crippen LogP contribution >= 0.6 is 0 Å². The minimum Gasteiger partial charge on any atom is -0.493 e. The first-order valence-electron chi connectivity index (χ1n) is 32.7. The van der Waals surface area contributed by atoms with Crippen LogP contribution in [0.2, 0.25) is 0 Å². The Balaban J connectivity index is 0.000000195. The van der Waals surface area contributed by atoms with E-state index in [0.717, 1.165) is 74.9 Å². The zero-order valence-electron chi connectivity index (χ0n) is 55.2. The molecule has 6 amide bonds. The standard InChI is InChI=1S/2C38H41N5O5/c1-26(27-10-5-4-6-11-27)41-20-22-42(23-21-41)32-14-7-13-30-35(32)38(46)43(37(30)45)31(28-16-17-33(47-2)34(24-28)48-3)15-9-19-40-36(44)29-12-8-18-39-25-29;1-26(27-11-5-4-6-12-27)41-21-23-42(24-22-41)32-15-9-13-29-35(32)38(46)43(37(29)45)31(28-17-18-33(47-2)34(25-28)48-3)16-10-20-40-36(44)30-14-7-8-19-39-30/h4-8,10-14,16-18,24-26,31H,9,15,19-23H2,1-3H3,(H,40,44);4-9,11-15,17-19,25-26,31H,10,16,20-24H2,1-3H3,(H,40,44)/t2*26-,31-/m11/s1. The molecular weight excluding hydrogens is 1210 g/mol. The van der Waals surface area contributed by atoms with Gasteiger partial charge in [-0.2, -0.15) is 0 Å². The highest BCUT2D eigenvalue weighted by atomic mass is 16.5. The van der Waals surface area contributed by atoms with Gasteiger partial charge in [-0.15, -0.1) is 0 Å². The number of pyridine rings is 2. The molecule has 4 aliphatic heterocycles. The van der Waals surface area contributed by atoms with Crippen LogP contribution < -0.4 is 39.4 Å². The first-order valence-corrected chi connectivity index (χ1v) is 32.7. The minimum atomic E-state index is -0.597. The lowest BCUT2D eigenvalue weighted by molar-refractivity contribution is 0.0556. The molecule has 2 saturated heterocycles. The van der Waals surface area contributed by atoms with Crippen molar-refractivity contribution in [3.05, 3.63) is 238 Å². The maximum atomic E-state index is 14.4. The summed E-state index contributed by atoms with van der Waals surface area (Å²) < 4.78 is 22.1. The van der Waals surface area contributed by atoms with Crippen molar-refractivity contribution < 1.29 is 47.7 Å². The van der Waals surface area contributed by atoms with Gasteiger partial charge in [0.2, 0.25) is 0 Å². The smallest absolute Gasteiger partial charge is 0.269 e. The lowest BCUT2D eigenvalue weighted by Gasteiger charge is -2.39. The number of piperazine rings is 2. The van der Waals surface area contributed by atoms with E-state index >= 15 is 0 Å². The minimum absolute atomic E-state index is 0.227. The molecule has 0 spiro atoms. The molecule has 0 radical (unpaired) electrons. The van der Waals surface area contributed by atoms with Gasteiger partial charge in [-0.25, -0.2) is 0 Å². The molecule has 6 heterocycles. The predicted molar refractivity (Wildman–Crippen MR) is 367 cm³/mol. The van der Waals surface area contributed by atoms with Gasteiger partial charge < -0.3 is 39.4 Å². The van der Waals surface area contributed by atoms with Crippen molar-refractivity contribution >= 4 is 46.8 Å². The van der Waals surface area contributed by atoms with Gasteiger partial charge in [0, 0.05) is 96.1 Å².